The molecule has 1 unspecified atom stereocenters. The van der Waals surface area contributed by atoms with Crippen molar-refractivity contribution in [1.82, 2.24) is 0 Å². The summed E-state index contributed by atoms with van der Waals surface area (Å²) in [7, 11) is -2.47. The summed E-state index contributed by atoms with van der Waals surface area (Å²) in [5, 5.41) is 4.64. The van der Waals surface area contributed by atoms with Gasteiger partial charge in [-0.3, -0.25) is 0 Å². The Labute approximate surface area is 264 Å². The molecule has 5 rings (SSSR count). The van der Waals surface area contributed by atoms with Gasteiger partial charge in [0.1, 0.15) is 0 Å². The van der Waals surface area contributed by atoms with Gasteiger partial charge in [0.05, 0.1) is 8.07 Å². The molecule has 3 aromatic carbocycles. The molecule has 0 N–H and O–H groups in total. The summed E-state index contributed by atoms with van der Waals surface area (Å²) >= 11 is 0. The Morgan fingerprint density at radius 1 is 0.605 bits per heavy atom. The van der Waals surface area contributed by atoms with Crippen LogP contribution in [0.25, 0.3) is 0 Å². The molecule has 1 atom stereocenters. The molecule has 2 aliphatic carbocycles. The SMILES string of the molecule is Cc1cc(C)cc([Si](c2cc(C)cc(C)c2)(c2cc(C)cc(C)c2)[C-]2CCC3CC=CC=C23)c1.[Cl-].[Cl-].[Cl-].[Ti+4]. The van der Waals surface area contributed by atoms with Crippen LogP contribution in [-0.4, -0.2) is 8.07 Å². The number of aryl methyl sites for hydroxylation is 6. The van der Waals surface area contributed by atoms with Crippen molar-refractivity contribution in [2.24, 2.45) is 5.92 Å². The van der Waals surface area contributed by atoms with Gasteiger partial charge in [0, 0.05) is 0 Å². The second-order valence-corrected chi connectivity index (χ2v) is 14.7. The molecule has 0 aliphatic heterocycles. The van der Waals surface area contributed by atoms with Gasteiger partial charge in [-0.2, -0.15) is 0 Å². The third kappa shape index (κ3) is 6.41. The van der Waals surface area contributed by atoms with E-state index >= 15 is 0 Å². The topological polar surface area (TPSA) is 0 Å². The molecule has 5 heteroatoms. The number of hydrogen-bond donors (Lipinski definition) is 0. The average Bonchev–Trinajstić information content (AvgIpc) is 3.17. The van der Waals surface area contributed by atoms with E-state index in [1.54, 1.807) is 26.7 Å². The Hall–Kier alpha value is -1.19. The van der Waals surface area contributed by atoms with Crippen molar-refractivity contribution in [3.63, 3.8) is 0 Å². The number of hydrogen-bond acceptors (Lipinski definition) is 0. The summed E-state index contributed by atoms with van der Waals surface area (Å²) in [4.78, 5) is 0. The molecule has 0 saturated heterocycles. The summed E-state index contributed by atoms with van der Waals surface area (Å²) in [5.41, 5.74) is 11.6. The van der Waals surface area contributed by atoms with Crippen molar-refractivity contribution >= 4 is 23.6 Å². The number of allylic oxidation sites excluding steroid dienone is 4. The van der Waals surface area contributed by atoms with Crippen molar-refractivity contribution in [1.29, 1.82) is 0 Å². The van der Waals surface area contributed by atoms with Gasteiger partial charge in [-0.05, 0) is 53.9 Å². The predicted molar refractivity (Wildman–Crippen MR) is 150 cm³/mol. The van der Waals surface area contributed by atoms with Crippen LogP contribution >= 0.6 is 0 Å². The first-order valence-electron chi connectivity index (χ1n) is 12.8. The molecule has 198 valence electrons. The van der Waals surface area contributed by atoms with E-state index in [0.29, 0.717) is 5.92 Å². The summed E-state index contributed by atoms with van der Waals surface area (Å²) in [5.74, 6) is 0.676. The molecule has 3 aromatic rings. The van der Waals surface area contributed by atoms with Gasteiger partial charge in [-0.15, -0.1) is 12.2 Å². The van der Waals surface area contributed by atoms with Gasteiger partial charge in [-0.25, -0.2) is 17.2 Å². The molecule has 0 radical (unpaired) electrons. The van der Waals surface area contributed by atoms with E-state index in [2.05, 4.69) is 114 Å². The van der Waals surface area contributed by atoms with Gasteiger partial charge in [0.2, 0.25) is 0 Å². The van der Waals surface area contributed by atoms with Crippen molar-refractivity contribution in [3.05, 3.63) is 117 Å². The van der Waals surface area contributed by atoms with Crippen molar-refractivity contribution in [2.45, 2.75) is 60.8 Å². The van der Waals surface area contributed by atoms with Crippen molar-refractivity contribution < 1.29 is 58.9 Å². The van der Waals surface area contributed by atoms with Gasteiger partial charge in [0.15, 0.2) is 0 Å². The molecule has 38 heavy (non-hydrogen) atoms. The minimum atomic E-state index is -2.47. The van der Waals surface area contributed by atoms with E-state index < -0.39 is 8.07 Å². The fraction of sp³-hybridized carbons (Fsp3) is 0.303. The van der Waals surface area contributed by atoms with Crippen molar-refractivity contribution in [3.8, 4) is 0 Å². The van der Waals surface area contributed by atoms with Gasteiger partial charge < -0.3 is 37.2 Å². The molecule has 2 aliphatic rings. The second-order valence-electron chi connectivity index (χ2n) is 10.9. The fourth-order valence-electron chi connectivity index (χ4n) is 6.76. The first-order chi connectivity index (χ1) is 16.3. The zero-order chi connectivity index (χ0) is 24.0. The van der Waals surface area contributed by atoms with Crippen LogP contribution < -0.4 is 52.8 Å². The zero-order valence-corrected chi connectivity index (χ0v) is 28.1. The van der Waals surface area contributed by atoms with Gasteiger partial charge in [-0.1, -0.05) is 116 Å². The Morgan fingerprint density at radius 2 is 0.974 bits per heavy atom. The third-order valence-corrected chi connectivity index (χ3v) is 12.7. The van der Waals surface area contributed by atoms with Crippen LogP contribution in [0.1, 0.15) is 52.6 Å². The standard InChI is InChI=1S/C33H37Si.3ClH.Ti/c1-22-13-23(2)17-29(16-22)34(30-18-24(3)14-25(4)19-30,31-20-26(5)15-27(6)21-31)33-12-11-28-9-7-8-10-32(28)33;;;;/h7-8,10,13-21,28H,9,11-12H2,1-6H3;3*1H;/q-1;;;;+4/p-3. The maximum absolute atomic E-state index is 2.51. The van der Waals surface area contributed by atoms with Crippen LogP contribution in [0.3, 0.4) is 0 Å². The molecule has 0 aromatic heterocycles. The number of fused-ring (bicyclic) bond motifs is 1. The monoisotopic (exact) mass is 614 g/mol. The summed E-state index contributed by atoms with van der Waals surface area (Å²) in [6, 6.07) is 22.0. The van der Waals surface area contributed by atoms with E-state index in [9.17, 15) is 0 Å². The molecule has 0 bridgehead atoms. The Morgan fingerprint density at radius 3 is 1.34 bits per heavy atom. The van der Waals surface area contributed by atoms with Crippen LogP contribution in [0, 0.1) is 53.0 Å². The average molecular weight is 616 g/mol. The molecular formula is C33H37Cl3SiTi. The van der Waals surface area contributed by atoms with E-state index in [-0.39, 0.29) is 58.9 Å². The van der Waals surface area contributed by atoms with Crippen LogP contribution in [-0.2, 0) is 21.7 Å². The largest absolute Gasteiger partial charge is 4.00 e. The van der Waals surface area contributed by atoms with E-state index in [1.807, 2.05) is 0 Å². The maximum Gasteiger partial charge on any atom is 4.00 e. The first kappa shape index (κ1) is 34.8. The maximum atomic E-state index is 2.51. The number of halogens is 3. The van der Waals surface area contributed by atoms with Gasteiger partial charge in [0.25, 0.3) is 0 Å². The van der Waals surface area contributed by atoms with Crippen LogP contribution in [0.4, 0.5) is 0 Å². The third-order valence-electron chi connectivity index (χ3n) is 7.78. The Kier molecular flexibility index (Phi) is 12.8. The van der Waals surface area contributed by atoms with Gasteiger partial charge >= 0.3 is 21.7 Å². The van der Waals surface area contributed by atoms with E-state index in [1.165, 1.54) is 52.6 Å². The smallest absolute Gasteiger partial charge is 1.00 e. The second kappa shape index (κ2) is 13.9. The quantitative estimate of drug-likeness (QED) is 0.172. The number of benzene rings is 3. The molecule has 0 nitrogen and oxygen atoms in total. The first-order valence-corrected chi connectivity index (χ1v) is 14.8. The summed E-state index contributed by atoms with van der Waals surface area (Å²) in [6.45, 7) is 13.6. The molecule has 0 spiro atoms. The minimum absolute atomic E-state index is 0. The van der Waals surface area contributed by atoms with E-state index in [0.717, 1.165) is 0 Å². The molecule has 1 saturated carbocycles. The Balaban J connectivity index is 0.00000180. The molecule has 0 heterocycles. The molecular weight excluding hydrogens is 579 g/mol. The predicted octanol–water partition coefficient (Wildman–Crippen LogP) is -2.57. The van der Waals surface area contributed by atoms with Crippen LogP contribution in [0.2, 0.25) is 0 Å². The summed E-state index contributed by atoms with van der Waals surface area (Å²) < 4.78 is 0. The normalized spacial score (nSPS) is 15.8. The Bertz CT molecular complexity index is 1140. The molecule has 1 fully saturated rings. The van der Waals surface area contributed by atoms with E-state index in [4.69, 9.17) is 0 Å². The zero-order valence-electron chi connectivity index (χ0n) is 23.3. The number of rotatable bonds is 4. The van der Waals surface area contributed by atoms with Crippen molar-refractivity contribution in [2.75, 3.05) is 0 Å². The minimum Gasteiger partial charge on any atom is -1.00 e. The van der Waals surface area contributed by atoms with Crippen LogP contribution in [0.15, 0.2) is 78.4 Å². The van der Waals surface area contributed by atoms with Crippen LogP contribution in [0.5, 0.6) is 0 Å². The molecule has 0 amide bonds. The fourth-order valence-corrected chi connectivity index (χ4v) is 12.7. The summed E-state index contributed by atoms with van der Waals surface area (Å²) in [6.07, 6.45) is 10.8.